The van der Waals surface area contributed by atoms with Gasteiger partial charge in [0.05, 0.1) is 7.11 Å². The highest BCUT2D eigenvalue weighted by Gasteiger charge is 2.17. The lowest BCUT2D eigenvalue weighted by Crippen LogP contribution is -2.36. The number of nitrogens with one attached hydrogen (secondary N) is 1. The van der Waals surface area contributed by atoms with E-state index < -0.39 is 0 Å². The lowest BCUT2D eigenvalue weighted by atomic mass is 9.97. The zero-order valence-corrected chi connectivity index (χ0v) is 14.6. The van der Waals surface area contributed by atoms with Gasteiger partial charge in [-0.15, -0.1) is 0 Å². The van der Waals surface area contributed by atoms with Crippen molar-refractivity contribution in [1.29, 1.82) is 0 Å². The molecule has 0 aliphatic rings. The molecule has 3 nitrogen and oxygen atoms in total. The van der Waals surface area contributed by atoms with Gasteiger partial charge in [0, 0.05) is 31.2 Å². The second-order valence-electron chi connectivity index (χ2n) is 6.78. The van der Waals surface area contributed by atoms with E-state index in [4.69, 9.17) is 4.74 Å². The SMILES string of the molecule is CCN(CCNCC(C)(C)C)[C@@H](C)c1ccccc1OC. The van der Waals surface area contributed by atoms with Crippen molar-refractivity contribution in [3.05, 3.63) is 29.8 Å². The minimum atomic E-state index is 0.339. The van der Waals surface area contributed by atoms with E-state index in [9.17, 15) is 0 Å². The van der Waals surface area contributed by atoms with Gasteiger partial charge in [0.1, 0.15) is 5.75 Å². The fraction of sp³-hybridized carbons (Fsp3) is 0.667. The van der Waals surface area contributed by atoms with Gasteiger partial charge in [0.2, 0.25) is 0 Å². The van der Waals surface area contributed by atoms with Crippen molar-refractivity contribution < 1.29 is 4.74 Å². The molecule has 0 aliphatic heterocycles. The molecular weight excluding hydrogens is 260 g/mol. The van der Waals surface area contributed by atoms with E-state index in [1.807, 2.05) is 12.1 Å². The van der Waals surface area contributed by atoms with Crippen LogP contribution in [-0.2, 0) is 0 Å². The first-order chi connectivity index (χ1) is 9.89. The molecule has 1 atom stereocenters. The van der Waals surface area contributed by atoms with Crippen LogP contribution in [0.15, 0.2) is 24.3 Å². The first-order valence-electron chi connectivity index (χ1n) is 7.96. The second-order valence-corrected chi connectivity index (χ2v) is 6.78. The van der Waals surface area contributed by atoms with Crippen molar-refractivity contribution in [2.24, 2.45) is 5.41 Å². The van der Waals surface area contributed by atoms with Crippen molar-refractivity contribution in [3.8, 4) is 5.75 Å². The molecule has 0 fully saturated rings. The summed E-state index contributed by atoms with van der Waals surface area (Å²) in [5.74, 6) is 0.978. The van der Waals surface area contributed by atoms with Crippen LogP contribution in [0.5, 0.6) is 5.75 Å². The van der Waals surface area contributed by atoms with E-state index in [1.165, 1.54) is 5.56 Å². The van der Waals surface area contributed by atoms with Gasteiger partial charge in [-0.25, -0.2) is 0 Å². The second kappa shape index (κ2) is 8.40. The van der Waals surface area contributed by atoms with E-state index in [0.717, 1.165) is 31.9 Å². The number of ether oxygens (including phenoxy) is 1. The van der Waals surface area contributed by atoms with Crippen LogP contribution in [0.3, 0.4) is 0 Å². The summed E-state index contributed by atoms with van der Waals surface area (Å²) in [5, 5.41) is 3.55. The number of nitrogens with zero attached hydrogens (tertiary/aromatic N) is 1. The number of para-hydroxylation sites is 1. The summed E-state index contributed by atoms with van der Waals surface area (Å²) in [7, 11) is 1.74. The van der Waals surface area contributed by atoms with Gasteiger partial charge in [-0.3, -0.25) is 4.90 Å². The smallest absolute Gasteiger partial charge is 0.123 e. The predicted molar refractivity (Wildman–Crippen MR) is 91.0 cm³/mol. The maximum atomic E-state index is 5.49. The van der Waals surface area contributed by atoms with Crippen molar-refractivity contribution in [1.82, 2.24) is 10.2 Å². The topological polar surface area (TPSA) is 24.5 Å². The Kier molecular flexibility index (Phi) is 7.20. The Bertz CT molecular complexity index is 412. The normalized spacial score (nSPS) is 13.5. The molecule has 3 heteroatoms. The summed E-state index contributed by atoms with van der Waals surface area (Å²) in [6.45, 7) is 15.4. The molecule has 1 aromatic rings. The van der Waals surface area contributed by atoms with Crippen LogP contribution >= 0.6 is 0 Å². The largest absolute Gasteiger partial charge is 0.496 e. The first kappa shape index (κ1) is 18.0. The molecule has 0 bridgehead atoms. The summed E-state index contributed by atoms with van der Waals surface area (Å²) in [5.41, 5.74) is 1.60. The van der Waals surface area contributed by atoms with E-state index in [0.29, 0.717) is 11.5 Å². The summed E-state index contributed by atoms with van der Waals surface area (Å²) >= 11 is 0. The van der Waals surface area contributed by atoms with Crippen molar-refractivity contribution in [2.45, 2.75) is 40.7 Å². The number of likely N-dealkylation sites (N-methyl/N-ethyl adjacent to an activating group) is 1. The number of benzene rings is 1. The molecule has 0 aliphatic carbocycles. The molecule has 1 rings (SSSR count). The molecular formula is C18H32N2O. The monoisotopic (exact) mass is 292 g/mol. The fourth-order valence-electron chi connectivity index (χ4n) is 2.52. The third kappa shape index (κ3) is 6.06. The molecule has 0 unspecified atom stereocenters. The van der Waals surface area contributed by atoms with Crippen LogP contribution < -0.4 is 10.1 Å². The zero-order chi connectivity index (χ0) is 15.9. The standard InChI is InChI=1S/C18H32N2O/c1-7-20(13-12-19-14-18(3,4)5)15(2)16-10-8-9-11-17(16)21-6/h8-11,15,19H,7,12-14H2,1-6H3/t15-/m0/s1. The molecule has 0 amide bonds. The van der Waals surface area contributed by atoms with E-state index >= 15 is 0 Å². The maximum absolute atomic E-state index is 5.49. The quantitative estimate of drug-likeness (QED) is 0.739. The van der Waals surface area contributed by atoms with Crippen LogP contribution in [0.2, 0.25) is 0 Å². The Morgan fingerprint density at radius 2 is 1.90 bits per heavy atom. The van der Waals surface area contributed by atoms with Gasteiger partial charge in [-0.1, -0.05) is 45.9 Å². The Morgan fingerprint density at radius 1 is 1.24 bits per heavy atom. The van der Waals surface area contributed by atoms with Crippen LogP contribution in [0.1, 0.15) is 46.2 Å². The van der Waals surface area contributed by atoms with Crippen molar-refractivity contribution in [2.75, 3.05) is 33.3 Å². The minimum absolute atomic E-state index is 0.339. The van der Waals surface area contributed by atoms with Gasteiger partial charge in [0.25, 0.3) is 0 Å². The first-order valence-corrected chi connectivity index (χ1v) is 7.96. The molecule has 1 N–H and O–H groups in total. The third-order valence-electron chi connectivity index (χ3n) is 3.77. The highest BCUT2D eigenvalue weighted by Crippen LogP contribution is 2.28. The van der Waals surface area contributed by atoms with Crippen LogP contribution in [0.25, 0.3) is 0 Å². The summed E-state index contributed by atoms with van der Waals surface area (Å²) in [4.78, 5) is 2.48. The molecule has 0 spiro atoms. The molecule has 120 valence electrons. The molecule has 1 aromatic carbocycles. The number of methoxy groups -OCH3 is 1. The Hall–Kier alpha value is -1.06. The van der Waals surface area contributed by atoms with E-state index in [-0.39, 0.29) is 0 Å². The molecule has 0 saturated heterocycles. The minimum Gasteiger partial charge on any atom is -0.496 e. The highest BCUT2D eigenvalue weighted by atomic mass is 16.5. The summed E-state index contributed by atoms with van der Waals surface area (Å²) in [6.07, 6.45) is 0. The van der Waals surface area contributed by atoms with Crippen LogP contribution in [0, 0.1) is 5.41 Å². The Balaban J connectivity index is 2.58. The predicted octanol–water partition coefficient (Wildman–Crippen LogP) is 3.71. The Morgan fingerprint density at radius 3 is 2.48 bits per heavy atom. The van der Waals surface area contributed by atoms with Gasteiger partial charge in [0.15, 0.2) is 0 Å². The average Bonchev–Trinajstić information content (AvgIpc) is 2.45. The molecule has 0 aromatic heterocycles. The Labute approximate surface area is 130 Å². The fourth-order valence-corrected chi connectivity index (χ4v) is 2.52. The van der Waals surface area contributed by atoms with Gasteiger partial charge < -0.3 is 10.1 Å². The molecule has 21 heavy (non-hydrogen) atoms. The number of hydrogen-bond donors (Lipinski definition) is 1. The molecule has 0 saturated carbocycles. The summed E-state index contributed by atoms with van der Waals surface area (Å²) < 4.78 is 5.49. The van der Waals surface area contributed by atoms with E-state index in [1.54, 1.807) is 7.11 Å². The number of rotatable bonds is 8. The molecule has 0 radical (unpaired) electrons. The lowest BCUT2D eigenvalue weighted by molar-refractivity contribution is 0.214. The number of hydrogen-bond acceptors (Lipinski definition) is 3. The van der Waals surface area contributed by atoms with Gasteiger partial charge in [-0.2, -0.15) is 0 Å². The van der Waals surface area contributed by atoms with E-state index in [2.05, 4.69) is 57.0 Å². The lowest BCUT2D eigenvalue weighted by Gasteiger charge is -2.30. The van der Waals surface area contributed by atoms with Crippen molar-refractivity contribution >= 4 is 0 Å². The van der Waals surface area contributed by atoms with Gasteiger partial charge in [-0.05, 0) is 24.9 Å². The van der Waals surface area contributed by atoms with Crippen LogP contribution in [0.4, 0.5) is 0 Å². The van der Waals surface area contributed by atoms with Gasteiger partial charge >= 0.3 is 0 Å². The zero-order valence-electron chi connectivity index (χ0n) is 14.6. The molecule has 0 heterocycles. The third-order valence-corrected chi connectivity index (χ3v) is 3.77. The summed E-state index contributed by atoms with van der Waals surface area (Å²) in [6, 6.07) is 8.67. The van der Waals surface area contributed by atoms with Crippen molar-refractivity contribution in [3.63, 3.8) is 0 Å². The maximum Gasteiger partial charge on any atom is 0.123 e. The highest BCUT2D eigenvalue weighted by molar-refractivity contribution is 5.35. The van der Waals surface area contributed by atoms with Crippen LogP contribution in [-0.4, -0.2) is 38.2 Å². The average molecular weight is 292 g/mol.